The Bertz CT molecular complexity index is 533. The molecule has 0 spiro atoms. The Morgan fingerprint density at radius 2 is 2.14 bits per heavy atom. The molecule has 72 valence electrons. The van der Waals surface area contributed by atoms with E-state index in [4.69, 9.17) is 5.11 Å². The number of nitrogens with one attached hydrogen (secondary N) is 2. The van der Waals surface area contributed by atoms with Gasteiger partial charge in [0, 0.05) is 0 Å². The lowest BCUT2D eigenvalue weighted by Gasteiger charge is -1.97. The fourth-order valence-electron chi connectivity index (χ4n) is 0.882. The fourth-order valence-corrected chi connectivity index (χ4v) is 0.882. The molecule has 0 aliphatic rings. The van der Waals surface area contributed by atoms with Gasteiger partial charge in [-0.3, -0.25) is 20.1 Å². The number of nitrogens with zero attached hydrogens (tertiary/aromatic N) is 2. The van der Waals surface area contributed by atoms with Gasteiger partial charge in [0.25, 0.3) is 0 Å². The van der Waals surface area contributed by atoms with Gasteiger partial charge in [0.15, 0.2) is 5.82 Å². The highest BCUT2D eigenvalue weighted by Crippen LogP contribution is 2.09. The lowest BCUT2D eigenvalue weighted by molar-refractivity contribution is 0.0698. The maximum absolute atomic E-state index is 10.6. The highest BCUT2D eigenvalue weighted by atomic mass is 16.4. The standard InChI is InChI=1S/C6H4N4O4/c11-4-5(12)10(4)9-3-2(6(13)14)1-7-8-3/h1H,(H,13,14)(H2,7,8,9). The number of aromatic nitrogens is 3. The van der Waals surface area contributed by atoms with Crippen molar-refractivity contribution in [2.75, 3.05) is 5.43 Å². The van der Waals surface area contributed by atoms with Crippen LogP contribution in [-0.2, 0) is 0 Å². The molecular weight excluding hydrogens is 192 g/mol. The second-order valence-corrected chi connectivity index (χ2v) is 2.52. The van der Waals surface area contributed by atoms with E-state index in [9.17, 15) is 14.4 Å². The Hall–Kier alpha value is -2.38. The first-order valence-corrected chi connectivity index (χ1v) is 3.53. The molecule has 0 amide bonds. The van der Waals surface area contributed by atoms with Crippen molar-refractivity contribution in [3.8, 4) is 0 Å². The number of H-pyrrole nitrogens is 1. The summed E-state index contributed by atoms with van der Waals surface area (Å²) in [4.78, 5) is 31.7. The van der Waals surface area contributed by atoms with E-state index in [-0.39, 0.29) is 11.4 Å². The predicted octanol–water partition coefficient (Wildman–Crippen LogP) is -1.62. The van der Waals surface area contributed by atoms with Crippen LogP contribution in [0.25, 0.3) is 0 Å². The maximum Gasteiger partial charge on any atom is 0.341 e. The number of rotatable bonds is 3. The minimum Gasteiger partial charge on any atom is -0.477 e. The zero-order valence-electron chi connectivity index (χ0n) is 6.64. The number of carboxylic acid groups (broad SMARTS) is 1. The third-order valence-electron chi connectivity index (χ3n) is 1.63. The zero-order valence-corrected chi connectivity index (χ0v) is 6.64. The van der Waals surface area contributed by atoms with Gasteiger partial charge in [-0.05, 0) is 0 Å². The van der Waals surface area contributed by atoms with E-state index < -0.39 is 17.1 Å². The number of anilines is 1. The van der Waals surface area contributed by atoms with Gasteiger partial charge in [-0.1, -0.05) is 0 Å². The van der Waals surface area contributed by atoms with Crippen LogP contribution in [0.15, 0.2) is 15.8 Å². The highest BCUT2D eigenvalue weighted by Gasteiger charge is 2.20. The monoisotopic (exact) mass is 196 g/mol. The molecule has 0 fully saturated rings. The average Bonchev–Trinajstić information content (AvgIpc) is 2.59. The number of aromatic amines is 1. The molecule has 0 atom stereocenters. The van der Waals surface area contributed by atoms with E-state index in [2.05, 4.69) is 15.6 Å². The van der Waals surface area contributed by atoms with Crippen molar-refractivity contribution in [3.05, 3.63) is 32.5 Å². The number of hydrogen-bond donors (Lipinski definition) is 3. The third-order valence-corrected chi connectivity index (χ3v) is 1.63. The molecule has 2 aromatic heterocycles. The van der Waals surface area contributed by atoms with Crippen molar-refractivity contribution < 1.29 is 9.90 Å². The summed E-state index contributed by atoms with van der Waals surface area (Å²) in [5, 5.41) is 14.4. The van der Waals surface area contributed by atoms with Crippen molar-refractivity contribution in [2.45, 2.75) is 0 Å². The largest absolute Gasteiger partial charge is 0.477 e. The van der Waals surface area contributed by atoms with Gasteiger partial charge in [0.05, 0.1) is 6.20 Å². The molecule has 14 heavy (non-hydrogen) atoms. The number of hydrogen-bond acceptors (Lipinski definition) is 5. The summed E-state index contributed by atoms with van der Waals surface area (Å²) in [7, 11) is 0. The summed E-state index contributed by atoms with van der Waals surface area (Å²) in [6.45, 7) is 0. The Balaban J connectivity index is 2.30. The molecule has 0 bridgehead atoms. The molecule has 0 aliphatic carbocycles. The van der Waals surface area contributed by atoms with Crippen molar-refractivity contribution in [1.82, 2.24) is 14.9 Å². The van der Waals surface area contributed by atoms with Gasteiger partial charge in [0.2, 0.25) is 0 Å². The van der Waals surface area contributed by atoms with Crippen LogP contribution in [0, 0.1) is 0 Å². The number of carbonyl (C=O) groups is 1. The maximum atomic E-state index is 10.6. The highest BCUT2D eigenvalue weighted by molar-refractivity contribution is 5.92. The summed E-state index contributed by atoms with van der Waals surface area (Å²) in [6, 6.07) is 0. The van der Waals surface area contributed by atoms with Crippen LogP contribution in [0.4, 0.5) is 5.82 Å². The van der Waals surface area contributed by atoms with Gasteiger partial charge in [-0.25, -0.2) is 4.79 Å². The van der Waals surface area contributed by atoms with Gasteiger partial charge in [0.1, 0.15) is 5.56 Å². The molecule has 2 heterocycles. The lowest BCUT2D eigenvalue weighted by atomic mass is 10.3. The van der Waals surface area contributed by atoms with Crippen molar-refractivity contribution in [1.29, 1.82) is 0 Å². The molecule has 0 aliphatic heterocycles. The zero-order chi connectivity index (χ0) is 10.3. The normalized spacial score (nSPS) is 10.6. The smallest absolute Gasteiger partial charge is 0.341 e. The third kappa shape index (κ3) is 1.09. The second-order valence-electron chi connectivity index (χ2n) is 2.52. The summed E-state index contributed by atoms with van der Waals surface area (Å²) in [6.07, 6.45) is 1.07. The van der Waals surface area contributed by atoms with E-state index in [0.717, 1.165) is 6.20 Å². The topological polar surface area (TPSA) is 117 Å². The second kappa shape index (κ2) is 2.55. The van der Waals surface area contributed by atoms with Crippen LogP contribution < -0.4 is 16.5 Å². The quantitative estimate of drug-likeness (QED) is 0.508. The van der Waals surface area contributed by atoms with Crippen LogP contribution in [0.5, 0.6) is 0 Å². The molecule has 0 unspecified atom stereocenters. The van der Waals surface area contributed by atoms with E-state index in [1.54, 1.807) is 0 Å². The van der Waals surface area contributed by atoms with E-state index in [1.165, 1.54) is 0 Å². The molecule has 0 saturated heterocycles. The van der Waals surface area contributed by atoms with Crippen LogP contribution in [0.2, 0.25) is 0 Å². The van der Waals surface area contributed by atoms with Crippen LogP contribution >= 0.6 is 0 Å². The first kappa shape index (κ1) is 8.23. The van der Waals surface area contributed by atoms with Gasteiger partial charge in [-0.2, -0.15) is 9.77 Å². The fraction of sp³-hybridized carbons (Fsp3) is 0. The van der Waals surface area contributed by atoms with Gasteiger partial charge in [-0.15, -0.1) is 0 Å². The summed E-state index contributed by atoms with van der Waals surface area (Å²) in [5.74, 6) is -1.21. The van der Waals surface area contributed by atoms with Crippen LogP contribution in [0.1, 0.15) is 10.4 Å². The van der Waals surface area contributed by atoms with Gasteiger partial charge >= 0.3 is 17.1 Å². The van der Waals surface area contributed by atoms with Crippen molar-refractivity contribution in [3.63, 3.8) is 0 Å². The first-order chi connectivity index (χ1) is 6.61. The molecule has 8 heteroatoms. The SMILES string of the molecule is O=C(O)c1cn[nH]c1Nn1c(=O)c1=O. The molecule has 2 aromatic rings. The molecule has 0 radical (unpaired) electrons. The Morgan fingerprint density at radius 1 is 1.50 bits per heavy atom. The molecule has 0 aromatic carbocycles. The summed E-state index contributed by atoms with van der Waals surface area (Å²) in [5.41, 5.74) is 0.715. The first-order valence-electron chi connectivity index (χ1n) is 3.53. The molecule has 0 saturated carbocycles. The van der Waals surface area contributed by atoms with Gasteiger partial charge < -0.3 is 5.11 Å². The molecule has 3 N–H and O–H groups in total. The molecule has 8 nitrogen and oxygen atoms in total. The Kier molecular flexibility index (Phi) is 1.50. The van der Waals surface area contributed by atoms with Crippen LogP contribution in [0.3, 0.4) is 0 Å². The lowest BCUT2D eigenvalue weighted by Crippen LogP contribution is -2.11. The van der Waals surface area contributed by atoms with E-state index >= 15 is 0 Å². The summed E-state index contributed by atoms with van der Waals surface area (Å²) < 4.78 is 0.681. The number of aromatic carboxylic acids is 1. The number of carboxylic acids is 1. The molecular formula is C6H4N4O4. The minimum absolute atomic E-state index is 0.00306. The van der Waals surface area contributed by atoms with Crippen molar-refractivity contribution in [2.24, 2.45) is 0 Å². The Morgan fingerprint density at radius 3 is 2.64 bits per heavy atom. The summed E-state index contributed by atoms with van der Waals surface area (Å²) >= 11 is 0. The van der Waals surface area contributed by atoms with E-state index in [1.807, 2.05) is 0 Å². The average molecular weight is 196 g/mol. The Labute approximate surface area is 75.4 Å². The van der Waals surface area contributed by atoms with E-state index in [0.29, 0.717) is 4.68 Å². The minimum atomic E-state index is -1.21. The molecule has 2 rings (SSSR count). The van der Waals surface area contributed by atoms with Crippen molar-refractivity contribution >= 4 is 11.8 Å². The van der Waals surface area contributed by atoms with Crippen LogP contribution in [-0.4, -0.2) is 25.9 Å². The predicted molar refractivity (Wildman–Crippen MR) is 43.9 cm³/mol.